The van der Waals surface area contributed by atoms with Crippen molar-refractivity contribution in [1.29, 1.82) is 0 Å². The number of ether oxygens (including phenoxy) is 1. The summed E-state index contributed by atoms with van der Waals surface area (Å²) < 4.78 is 5.36. The second-order valence-corrected chi connectivity index (χ2v) is 2.99. The lowest BCUT2D eigenvalue weighted by atomic mass is 9.97. The van der Waals surface area contributed by atoms with Gasteiger partial charge in [-0.15, -0.1) is 0 Å². The first-order chi connectivity index (χ1) is 5.92. The highest BCUT2D eigenvalue weighted by atomic mass is 16.5. The zero-order valence-corrected chi connectivity index (χ0v) is 7.05. The van der Waals surface area contributed by atoms with E-state index in [1.54, 1.807) is 0 Å². The van der Waals surface area contributed by atoms with E-state index in [-0.39, 0.29) is 0 Å². The van der Waals surface area contributed by atoms with Crippen molar-refractivity contribution < 1.29 is 4.74 Å². The van der Waals surface area contributed by atoms with E-state index in [0.717, 1.165) is 19.6 Å². The van der Waals surface area contributed by atoms with Crippen molar-refractivity contribution in [2.75, 3.05) is 6.61 Å². The van der Waals surface area contributed by atoms with Crippen LogP contribution in [0.2, 0.25) is 0 Å². The Hall–Kier alpha value is -1.08. The molecule has 1 aliphatic rings. The molecule has 0 amide bonds. The van der Waals surface area contributed by atoms with Crippen molar-refractivity contribution in [2.24, 2.45) is 0 Å². The molecular weight excluding hydrogens is 148 g/mol. The third kappa shape index (κ3) is 1.16. The van der Waals surface area contributed by atoms with Crippen LogP contribution in [-0.2, 0) is 17.8 Å². The molecule has 0 saturated carbocycles. The third-order valence-corrected chi connectivity index (χ3v) is 2.28. The van der Waals surface area contributed by atoms with E-state index in [9.17, 15) is 0 Å². The lowest BCUT2D eigenvalue weighted by Crippen LogP contribution is -2.10. The summed E-state index contributed by atoms with van der Waals surface area (Å²) in [5, 5.41) is 0. The Morgan fingerprint density at radius 3 is 3.17 bits per heavy atom. The van der Waals surface area contributed by atoms with Gasteiger partial charge in [0.15, 0.2) is 0 Å². The Morgan fingerprint density at radius 2 is 2.33 bits per heavy atom. The summed E-state index contributed by atoms with van der Waals surface area (Å²) in [5.74, 6) is 0. The number of fused-ring (bicyclic) bond motifs is 1. The summed E-state index contributed by atoms with van der Waals surface area (Å²) in [4.78, 5) is 0. The maximum absolute atomic E-state index is 5.36. The predicted molar refractivity (Wildman–Crippen MR) is 49.9 cm³/mol. The molecule has 2 rings (SSSR count). The summed E-state index contributed by atoms with van der Waals surface area (Å²) in [6.07, 6.45) is 2.95. The number of benzene rings is 1. The van der Waals surface area contributed by atoms with E-state index in [1.165, 1.54) is 16.7 Å². The van der Waals surface area contributed by atoms with Crippen LogP contribution in [0.3, 0.4) is 0 Å². The maximum Gasteiger partial charge on any atom is 0.0719 e. The first-order valence-electron chi connectivity index (χ1n) is 4.23. The van der Waals surface area contributed by atoms with Crippen LogP contribution in [0.5, 0.6) is 0 Å². The van der Waals surface area contributed by atoms with Crippen LogP contribution in [0.15, 0.2) is 24.8 Å². The van der Waals surface area contributed by atoms with Crippen LogP contribution < -0.4 is 0 Å². The molecule has 1 nitrogen and oxygen atoms in total. The molecule has 12 heavy (non-hydrogen) atoms. The molecule has 0 aromatic heterocycles. The lowest BCUT2D eigenvalue weighted by molar-refractivity contribution is 0.110. The first kappa shape index (κ1) is 7.56. The summed E-state index contributed by atoms with van der Waals surface area (Å²) in [6, 6.07) is 6.29. The van der Waals surface area contributed by atoms with Crippen LogP contribution in [0.25, 0.3) is 6.08 Å². The van der Waals surface area contributed by atoms with E-state index >= 15 is 0 Å². The van der Waals surface area contributed by atoms with Gasteiger partial charge in [0.25, 0.3) is 0 Å². The summed E-state index contributed by atoms with van der Waals surface area (Å²) >= 11 is 0. The summed E-state index contributed by atoms with van der Waals surface area (Å²) in [6.45, 7) is 5.40. The van der Waals surface area contributed by atoms with Gasteiger partial charge in [-0.1, -0.05) is 30.9 Å². The quantitative estimate of drug-likeness (QED) is 0.613. The van der Waals surface area contributed by atoms with E-state index < -0.39 is 0 Å². The highest BCUT2D eigenvalue weighted by molar-refractivity contribution is 5.54. The molecule has 0 unspecified atom stereocenters. The molecule has 1 aliphatic heterocycles. The largest absolute Gasteiger partial charge is 0.376 e. The average molecular weight is 160 g/mol. The maximum atomic E-state index is 5.36. The lowest BCUT2D eigenvalue weighted by Gasteiger charge is -2.18. The Labute approximate surface area is 72.7 Å². The van der Waals surface area contributed by atoms with Gasteiger partial charge in [-0.2, -0.15) is 0 Å². The van der Waals surface area contributed by atoms with Gasteiger partial charge in [-0.25, -0.2) is 0 Å². The summed E-state index contributed by atoms with van der Waals surface area (Å²) in [5.41, 5.74) is 3.99. The van der Waals surface area contributed by atoms with Crippen molar-refractivity contribution in [2.45, 2.75) is 13.0 Å². The van der Waals surface area contributed by atoms with Crippen molar-refractivity contribution in [1.82, 2.24) is 0 Å². The van der Waals surface area contributed by atoms with Gasteiger partial charge < -0.3 is 4.74 Å². The van der Waals surface area contributed by atoms with E-state index in [2.05, 4.69) is 24.8 Å². The monoisotopic (exact) mass is 160 g/mol. The van der Waals surface area contributed by atoms with Crippen LogP contribution in [0.4, 0.5) is 0 Å². The van der Waals surface area contributed by atoms with Crippen LogP contribution in [0.1, 0.15) is 16.7 Å². The molecule has 0 saturated heterocycles. The van der Waals surface area contributed by atoms with Crippen molar-refractivity contribution >= 4 is 6.08 Å². The van der Waals surface area contributed by atoms with Crippen LogP contribution in [0, 0.1) is 0 Å². The highest BCUT2D eigenvalue weighted by Gasteiger charge is 2.10. The fourth-order valence-corrected chi connectivity index (χ4v) is 1.64. The Morgan fingerprint density at radius 1 is 1.42 bits per heavy atom. The Balaban J connectivity index is 2.51. The molecule has 0 bridgehead atoms. The normalized spacial score (nSPS) is 15.3. The van der Waals surface area contributed by atoms with Crippen LogP contribution in [-0.4, -0.2) is 6.61 Å². The Bertz CT molecular complexity index is 302. The van der Waals surface area contributed by atoms with Gasteiger partial charge in [0, 0.05) is 0 Å². The fraction of sp³-hybridized carbons (Fsp3) is 0.273. The van der Waals surface area contributed by atoms with Gasteiger partial charge >= 0.3 is 0 Å². The van der Waals surface area contributed by atoms with Gasteiger partial charge in [0.05, 0.1) is 13.2 Å². The molecule has 0 radical (unpaired) electrons. The number of hydrogen-bond donors (Lipinski definition) is 0. The average Bonchev–Trinajstić information content (AvgIpc) is 2.17. The molecule has 0 fully saturated rings. The molecule has 0 N–H and O–H groups in total. The predicted octanol–water partition coefficient (Wildman–Crippen LogP) is 2.40. The SMILES string of the molecule is C=Cc1cccc2c1CCOC2. The van der Waals surface area contributed by atoms with Gasteiger partial charge in [-0.05, 0) is 23.1 Å². The van der Waals surface area contributed by atoms with Gasteiger partial charge in [0.2, 0.25) is 0 Å². The third-order valence-electron chi connectivity index (χ3n) is 2.28. The van der Waals surface area contributed by atoms with Gasteiger partial charge in [0.1, 0.15) is 0 Å². The topological polar surface area (TPSA) is 9.23 Å². The summed E-state index contributed by atoms with van der Waals surface area (Å²) in [7, 11) is 0. The smallest absolute Gasteiger partial charge is 0.0719 e. The van der Waals surface area contributed by atoms with Crippen LogP contribution >= 0.6 is 0 Å². The fourth-order valence-electron chi connectivity index (χ4n) is 1.64. The van der Waals surface area contributed by atoms with E-state index in [1.807, 2.05) is 6.08 Å². The molecule has 1 aromatic rings. The second kappa shape index (κ2) is 3.11. The molecule has 0 spiro atoms. The number of rotatable bonds is 1. The number of hydrogen-bond acceptors (Lipinski definition) is 1. The minimum Gasteiger partial charge on any atom is -0.376 e. The highest BCUT2D eigenvalue weighted by Crippen LogP contribution is 2.21. The molecule has 62 valence electrons. The first-order valence-corrected chi connectivity index (χ1v) is 4.23. The minimum atomic E-state index is 0.761. The van der Waals surface area contributed by atoms with Crippen molar-refractivity contribution in [3.8, 4) is 0 Å². The van der Waals surface area contributed by atoms with E-state index in [0.29, 0.717) is 0 Å². The van der Waals surface area contributed by atoms with Crippen molar-refractivity contribution in [3.05, 3.63) is 41.5 Å². The second-order valence-electron chi connectivity index (χ2n) is 2.99. The molecule has 0 atom stereocenters. The molecule has 1 heterocycles. The van der Waals surface area contributed by atoms with Crippen molar-refractivity contribution in [3.63, 3.8) is 0 Å². The standard InChI is InChI=1S/C11H12O/c1-2-9-4-3-5-10-8-12-7-6-11(9)10/h2-5H,1,6-8H2. The minimum absolute atomic E-state index is 0.761. The molecule has 0 aliphatic carbocycles. The molecular formula is C11H12O. The van der Waals surface area contributed by atoms with E-state index in [4.69, 9.17) is 4.74 Å². The zero-order valence-electron chi connectivity index (χ0n) is 7.05. The zero-order chi connectivity index (χ0) is 8.39. The van der Waals surface area contributed by atoms with Gasteiger partial charge in [-0.3, -0.25) is 0 Å². The molecule has 1 heteroatoms. The Kier molecular flexibility index (Phi) is 1.96. The molecule has 1 aromatic carbocycles.